The summed E-state index contributed by atoms with van der Waals surface area (Å²) in [5, 5.41) is 24.7. The molecule has 0 aliphatic rings. The molecule has 102 valence electrons. The molecule has 19 heavy (non-hydrogen) atoms. The fourth-order valence-corrected chi connectivity index (χ4v) is 2.67. The molecular weight excluding hydrogens is 260 g/mol. The summed E-state index contributed by atoms with van der Waals surface area (Å²) in [6.07, 6.45) is 1.61. The van der Waals surface area contributed by atoms with Gasteiger partial charge in [0.1, 0.15) is 5.75 Å². The number of nitrogens with one attached hydrogen (secondary N) is 1. The third-order valence-corrected chi connectivity index (χ3v) is 4.21. The van der Waals surface area contributed by atoms with Gasteiger partial charge >= 0.3 is 0 Å². The van der Waals surface area contributed by atoms with Crippen LogP contribution in [-0.4, -0.2) is 15.2 Å². The van der Waals surface area contributed by atoms with Gasteiger partial charge in [0.25, 0.3) is 0 Å². The minimum absolute atomic E-state index is 0.120. The molecule has 2 aromatic rings. The monoisotopic (exact) mass is 278 g/mol. The molecule has 2 aromatic heterocycles. The van der Waals surface area contributed by atoms with Crippen molar-refractivity contribution in [2.45, 2.75) is 33.0 Å². The lowest BCUT2D eigenvalue weighted by Crippen LogP contribution is -2.18. The lowest BCUT2D eigenvalue weighted by atomic mass is 10.1. The van der Waals surface area contributed by atoms with Crippen molar-refractivity contribution in [3.63, 3.8) is 0 Å². The van der Waals surface area contributed by atoms with Crippen LogP contribution in [0.15, 0.2) is 23.7 Å². The highest BCUT2D eigenvalue weighted by molar-refractivity contribution is 7.10. The van der Waals surface area contributed by atoms with Gasteiger partial charge in [-0.1, -0.05) is 6.07 Å². The van der Waals surface area contributed by atoms with E-state index >= 15 is 0 Å². The Kier molecular flexibility index (Phi) is 4.52. The Balaban J connectivity index is 2.13. The fourth-order valence-electron chi connectivity index (χ4n) is 1.91. The molecule has 0 radical (unpaired) electrons. The van der Waals surface area contributed by atoms with E-state index in [-0.39, 0.29) is 18.4 Å². The molecule has 0 aliphatic heterocycles. The lowest BCUT2D eigenvalue weighted by Gasteiger charge is -2.16. The Bertz CT molecular complexity index is 541. The predicted molar refractivity (Wildman–Crippen MR) is 76.1 cm³/mol. The topological polar surface area (TPSA) is 65.4 Å². The number of pyridine rings is 1. The highest BCUT2D eigenvalue weighted by atomic mass is 32.1. The van der Waals surface area contributed by atoms with Crippen LogP contribution in [0.5, 0.6) is 5.75 Å². The number of aromatic hydroxyl groups is 1. The van der Waals surface area contributed by atoms with Crippen LogP contribution in [0.3, 0.4) is 0 Å². The zero-order chi connectivity index (χ0) is 13.8. The quantitative estimate of drug-likeness (QED) is 0.786. The molecule has 5 heteroatoms. The van der Waals surface area contributed by atoms with Gasteiger partial charge in [-0.2, -0.15) is 0 Å². The van der Waals surface area contributed by atoms with E-state index in [0.717, 1.165) is 5.56 Å². The Hall–Kier alpha value is -1.43. The molecule has 0 saturated carbocycles. The molecule has 0 unspecified atom stereocenters. The number of hydrogen-bond acceptors (Lipinski definition) is 5. The van der Waals surface area contributed by atoms with Crippen LogP contribution in [0.1, 0.15) is 34.7 Å². The summed E-state index contributed by atoms with van der Waals surface area (Å²) >= 11 is 1.70. The number of rotatable bonds is 5. The first-order chi connectivity index (χ1) is 9.13. The summed E-state index contributed by atoms with van der Waals surface area (Å²) in [5.41, 5.74) is 1.96. The molecule has 2 heterocycles. The van der Waals surface area contributed by atoms with Gasteiger partial charge in [-0.3, -0.25) is 4.98 Å². The van der Waals surface area contributed by atoms with Gasteiger partial charge in [-0.15, -0.1) is 11.3 Å². The number of aliphatic hydroxyl groups is 1. The maximum Gasteiger partial charge on any atom is 0.141 e. The molecule has 0 bridgehead atoms. The Morgan fingerprint density at radius 3 is 2.89 bits per heavy atom. The average Bonchev–Trinajstić information content (AvgIpc) is 2.94. The van der Waals surface area contributed by atoms with Crippen LogP contribution < -0.4 is 5.32 Å². The minimum atomic E-state index is -0.120. The number of nitrogens with zero attached hydrogens (tertiary/aromatic N) is 1. The minimum Gasteiger partial charge on any atom is -0.506 e. The molecule has 0 spiro atoms. The number of aryl methyl sites for hydroxylation is 1. The molecule has 0 fully saturated rings. The van der Waals surface area contributed by atoms with Gasteiger partial charge in [-0.05, 0) is 25.3 Å². The van der Waals surface area contributed by atoms with Crippen LogP contribution in [0.2, 0.25) is 0 Å². The average molecular weight is 278 g/mol. The standard InChI is InChI=1S/C14H18N2O2S/c1-9(13-4-3-5-19-13)16-7-12-11(8-17)6-15-10(2)14(12)18/h3-6,9,16-18H,7-8H2,1-2H3/t9-/m1/s1. The van der Waals surface area contributed by atoms with Crippen LogP contribution >= 0.6 is 11.3 Å². The molecule has 0 aromatic carbocycles. The number of hydrogen-bond donors (Lipinski definition) is 3. The molecule has 0 amide bonds. The summed E-state index contributed by atoms with van der Waals surface area (Å²) < 4.78 is 0. The van der Waals surface area contributed by atoms with Crippen molar-refractivity contribution in [2.75, 3.05) is 0 Å². The molecule has 0 aliphatic carbocycles. The molecule has 3 N–H and O–H groups in total. The van der Waals surface area contributed by atoms with E-state index in [2.05, 4.69) is 23.3 Å². The second-order valence-corrected chi connectivity index (χ2v) is 5.45. The molecule has 4 nitrogen and oxygen atoms in total. The van der Waals surface area contributed by atoms with E-state index in [9.17, 15) is 10.2 Å². The van der Waals surface area contributed by atoms with Crippen LogP contribution in [-0.2, 0) is 13.2 Å². The summed E-state index contributed by atoms with van der Waals surface area (Å²) in [7, 11) is 0. The SMILES string of the molecule is Cc1ncc(CO)c(CN[C@H](C)c2cccs2)c1O. The van der Waals surface area contributed by atoms with E-state index < -0.39 is 0 Å². The van der Waals surface area contributed by atoms with Crippen molar-refractivity contribution in [3.05, 3.63) is 45.4 Å². The van der Waals surface area contributed by atoms with Gasteiger partial charge in [0.15, 0.2) is 0 Å². The number of aliphatic hydroxyl groups excluding tert-OH is 1. The molecule has 1 atom stereocenters. The van der Waals surface area contributed by atoms with E-state index in [4.69, 9.17) is 0 Å². The smallest absolute Gasteiger partial charge is 0.141 e. The second-order valence-electron chi connectivity index (χ2n) is 4.47. The van der Waals surface area contributed by atoms with Crippen LogP contribution in [0, 0.1) is 6.92 Å². The van der Waals surface area contributed by atoms with Crippen molar-refractivity contribution in [3.8, 4) is 5.75 Å². The van der Waals surface area contributed by atoms with Gasteiger partial charge in [-0.25, -0.2) is 0 Å². The normalized spacial score (nSPS) is 12.6. The Morgan fingerprint density at radius 1 is 1.47 bits per heavy atom. The molecular formula is C14H18N2O2S. The predicted octanol–water partition coefficient (Wildman–Crippen LogP) is 2.50. The number of thiophene rings is 1. The number of aromatic nitrogens is 1. The van der Waals surface area contributed by atoms with Crippen molar-refractivity contribution in [1.82, 2.24) is 10.3 Å². The van der Waals surface area contributed by atoms with Crippen LogP contribution in [0.25, 0.3) is 0 Å². The van der Waals surface area contributed by atoms with Gasteiger partial charge in [0.2, 0.25) is 0 Å². The first-order valence-electron chi connectivity index (χ1n) is 6.17. The highest BCUT2D eigenvalue weighted by Gasteiger charge is 2.13. The summed E-state index contributed by atoms with van der Waals surface area (Å²) in [6, 6.07) is 4.30. The van der Waals surface area contributed by atoms with Gasteiger partial charge in [0.05, 0.1) is 12.3 Å². The van der Waals surface area contributed by atoms with Crippen molar-refractivity contribution in [2.24, 2.45) is 0 Å². The van der Waals surface area contributed by atoms with E-state index in [1.807, 2.05) is 11.4 Å². The maximum absolute atomic E-state index is 10.0. The maximum atomic E-state index is 10.0. The summed E-state index contributed by atoms with van der Waals surface area (Å²) in [5.74, 6) is 0.164. The van der Waals surface area contributed by atoms with E-state index in [0.29, 0.717) is 17.8 Å². The Labute approximate surface area is 116 Å². The first-order valence-corrected chi connectivity index (χ1v) is 7.05. The van der Waals surface area contributed by atoms with Crippen molar-refractivity contribution in [1.29, 1.82) is 0 Å². The zero-order valence-electron chi connectivity index (χ0n) is 11.1. The zero-order valence-corrected chi connectivity index (χ0v) is 11.9. The van der Waals surface area contributed by atoms with Crippen molar-refractivity contribution < 1.29 is 10.2 Å². The van der Waals surface area contributed by atoms with E-state index in [1.165, 1.54) is 4.88 Å². The van der Waals surface area contributed by atoms with Crippen molar-refractivity contribution >= 4 is 11.3 Å². The van der Waals surface area contributed by atoms with Crippen LogP contribution in [0.4, 0.5) is 0 Å². The highest BCUT2D eigenvalue weighted by Crippen LogP contribution is 2.25. The Morgan fingerprint density at radius 2 is 2.26 bits per heavy atom. The van der Waals surface area contributed by atoms with Gasteiger partial charge < -0.3 is 15.5 Å². The largest absolute Gasteiger partial charge is 0.506 e. The second kappa shape index (κ2) is 6.14. The first kappa shape index (κ1) is 14.0. The molecule has 2 rings (SSSR count). The summed E-state index contributed by atoms with van der Waals surface area (Å²) in [6.45, 7) is 4.22. The summed E-state index contributed by atoms with van der Waals surface area (Å²) in [4.78, 5) is 5.30. The third kappa shape index (κ3) is 3.12. The van der Waals surface area contributed by atoms with E-state index in [1.54, 1.807) is 24.5 Å². The molecule has 0 saturated heterocycles. The van der Waals surface area contributed by atoms with Gasteiger partial charge in [0, 0.05) is 34.8 Å². The fraction of sp³-hybridized carbons (Fsp3) is 0.357. The third-order valence-electron chi connectivity index (χ3n) is 3.16. The lowest BCUT2D eigenvalue weighted by molar-refractivity contribution is 0.278.